The van der Waals surface area contributed by atoms with Crippen LogP contribution in [0.3, 0.4) is 0 Å². The van der Waals surface area contributed by atoms with Crippen LogP contribution in [0.25, 0.3) is 0 Å². The summed E-state index contributed by atoms with van der Waals surface area (Å²) < 4.78 is 0. The van der Waals surface area contributed by atoms with Crippen molar-refractivity contribution in [2.24, 2.45) is 0 Å². The Hall–Kier alpha value is -1.17. The topological polar surface area (TPSA) is 89.8 Å². The number of hydrogen-bond acceptors (Lipinski definition) is 4. The van der Waals surface area contributed by atoms with E-state index >= 15 is 0 Å². The van der Waals surface area contributed by atoms with Crippen LogP contribution in [-0.4, -0.2) is 46.1 Å². The number of rotatable bonds is 29. The Morgan fingerprint density at radius 3 is 1.68 bits per heavy atom. The standard InChI is InChI=1S/C35H67NO4/c1-4-6-8-10-12-13-14-15-16-18-20-24-29-34(39)35(40)36-32(30-37)33(38)28-25-21-23-27-31(3)26-22-19-17-11-9-7-5-2/h25,27-28,32-34,37-39H,4-24,26,29-30H2,1-3H3,(H,36,40)/b28-25+,31-27+/t32-,33+,34+/m1/s1. The summed E-state index contributed by atoms with van der Waals surface area (Å²) in [4.78, 5) is 12.4. The van der Waals surface area contributed by atoms with Gasteiger partial charge in [-0.05, 0) is 39.0 Å². The minimum Gasteiger partial charge on any atom is -0.394 e. The highest BCUT2D eigenvalue weighted by Crippen LogP contribution is 2.14. The molecule has 0 unspecified atom stereocenters. The summed E-state index contributed by atoms with van der Waals surface area (Å²) in [5.74, 6) is -0.515. The maximum atomic E-state index is 12.4. The molecule has 236 valence electrons. The van der Waals surface area contributed by atoms with Crippen molar-refractivity contribution in [3.63, 3.8) is 0 Å². The van der Waals surface area contributed by atoms with Gasteiger partial charge in [-0.2, -0.15) is 0 Å². The first-order valence-electron chi connectivity index (χ1n) is 17.1. The Balaban J connectivity index is 3.95. The van der Waals surface area contributed by atoms with Crippen molar-refractivity contribution in [1.29, 1.82) is 0 Å². The maximum Gasteiger partial charge on any atom is 0.249 e. The molecule has 0 rings (SSSR count). The van der Waals surface area contributed by atoms with E-state index in [1.807, 2.05) is 6.08 Å². The number of carbonyl (C=O) groups is 1. The predicted molar refractivity (Wildman–Crippen MR) is 171 cm³/mol. The predicted octanol–water partition coefficient (Wildman–Crippen LogP) is 8.70. The summed E-state index contributed by atoms with van der Waals surface area (Å²) in [5, 5.41) is 32.9. The summed E-state index contributed by atoms with van der Waals surface area (Å²) >= 11 is 0. The van der Waals surface area contributed by atoms with Crippen molar-refractivity contribution in [2.75, 3.05) is 6.61 Å². The largest absolute Gasteiger partial charge is 0.394 e. The summed E-state index contributed by atoms with van der Waals surface area (Å²) in [6.07, 6.45) is 31.2. The molecule has 4 N–H and O–H groups in total. The normalized spacial score (nSPS) is 14.5. The second-order valence-corrected chi connectivity index (χ2v) is 11.9. The summed E-state index contributed by atoms with van der Waals surface area (Å²) in [6, 6.07) is -0.810. The molecule has 0 aromatic rings. The molecule has 0 aliphatic heterocycles. The van der Waals surface area contributed by atoms with E-state index in [4.69, 9.17) is 0 Å². The third kappa shape index (κ3) is 24.6. The lowest BCUT2D eigenvalue weighted by atomic mass is 10.0. The minimum absolute atomic E-state index is 0.375. The molecule has 0 aromatic heterocycles. The van der Waals surface area contributed by atoms with Crippen LogP contribution in [0.4, 0.5) is 0 Å². The third-order valence-electron chi connectivity index (χ3n) is 7.90. The van der Waals surface area contributed by atoms with E-state index in [-0.39, 0.29) is 6.61 Å². The van der Waals surface area contributed by atoms with Gasteiger partial charge in [0.2, 0.25) is 5.91 Å². The second kappa shape index (κ2) is 29.3. The molecule has 0 aliphatic rings. The molecule has 0 aliphatic carbocycles. The number of amides is 1. The van der Waals surface area contributed by atoms with Gasteiger partial charge in [0.25, 0.3) is 0 Å². The fraction of sp³-hybridized carbons (Fsp3) is 0.857. The first-order valence-corrected chi connectivity index (χ1v) is 17.1. The summed E-state index contributed by atoms with van der Waals surface area (Å²) in [6.45, 7) is 6.32. The van der Waals surface area contributed by atoms with Crippen molar-refractivity contribution in [2.45, 2.75) is 187 Å². The molecular weight excluding hydrogens is 498 g/mol. The van der Waals surface area contributed by atoms with E-state index in [9.17, 15) is 20.1 Å². The van der Waals surface area contributed by atoms with Crippen LogP contribution in [0.5, 0.6) is 0 Å². The van der Waals surface area contributed by atoms with Gasteiger partial charge in [-0.3, -0.25) is 4.79 Å². The molecule has 40 heavy (non-hydrogen) atoms. The van der Waals surface area contributed by atoms with Crippen LogP contribution in [0.15, 0.2) is 23.8 Å². The Morgan fingerprint density at radius 2 is 1.18 bits per heavy atom. The first-order chi connectivity index (χ1) is 19.5. The van der Waals surface area contributed by atoms with Gasteiger partial charge in [-0.15, -0.1) is 0 Å². The third-order valence-corrected chi connectivity index (χ3v) is 7.90. The summed E-state index contributed by atoms with van der Waals surface area (Å²) in [7, 11) is 0. The van der Waals surface area contributed by atoms with Gasteiger partial charge in [0.15, 0.2) is 0 Å². The number of unbranched alkanes of at least 4 members (excludes halogenated alkanes) is 18. The average molecular weight is 566 g/mol. The van der Waals surface area contributed by atoms with E-state index in [1.165, 1.54) is 108 Å². The van der Waals surface area contributed by atoms with E-state index in [0.29, 0.717) is 6.42 Å². The molecule has 1 amide bonds. The van der Waals surface area contributed by atoms with Crippen LogP contribution in [0.1, 0.15) is 168 Å². The zero-order chi connectivity index (χ0) is 29.7. The molecule has 0 saturated carbocycles. The molecule has 3 atom stereocenters. The van der Waals surface area contributed by atoms with E-state index in [0.717, 1.165) is 38.5 Å². The number of hydrogen-bond donors (Lipinski definition) is 4. The Morgan fingerprint density at radius 1 is 0.700 bits per heavy atom. The van der Waals surface area contributed by atoms with Crippen LogP contribution >= 0.6 is 0 Å². The van der Waals surface area contributed by atoms with Crippen LogP contribution < -0.4 is 5.32 Å². The average Bonchev–Trinajstić information content (AvgIpc) is 2.95. The van der Waals surface area contributed by atoms with Crippen LogP contribution in [0.2, 0.25) is 0 Å². The van der Waals surface area contributed by atoms with Crippen molar-refractivity contribution in [3.8, 4) is 0 Å². The number of nitrogens with one attached hydrogen (secondary N) is 1. The van der Waals surface area contributed by atoms with E-state index < -0.39 is 24.2 Å². The van der Waals surface area contributed by atoms with E-state index in [1.54, 1.807) is 6.08 Å². The van der Waals surface area contributed by atoms with Crippen LogP contribution in [0, 0.1) is 0 Å². The zero-order valence-electron chi connectivity index (χ0n) is 26.7. The van der Waals surface area contributed by atoms with Gasteiger partial charge in [-0.25, -0.2) is 0 Å². The SMILES string of the molecule is CCCCCCCCCCCCCC[C@H](O)C(=O)N[C@H](CO)[C@@H](O)/C=C/CC/C=C(\C)CCCCCCCCC. The van der Waals surface area contributed by atoms with Gasteiger partial charge in [0.1, 0.15) is 6.10 Å². The van der Waals surface area contributed by atoms with Gasteiger partial charge < -0.3 is 20.6 Å². The van der Waals surface area contributed by atoms with Crippen molar-refractivity contribution in [1.82, 2.24) is 5.32 Å². The minimum atomic E-state index is -1.10. The Labute approximate surface area is 248 Å². The van der Waals surface area contributed by atoms with Gasteiger partial charge in [0, 0.05) is 0 Å². The first kappa shape index (κ1) is 38.8. The molecule has 0 aromatic carbocycles. The molecular formula is C35H67NO4. The number of aliphatic hydroxyl groups is 3. The van der Waals surface area contributed by atoms with Crippen molar-refractivity contribution >= 4 is 5.91 Å². The highest BCUT2D eigenvalue weighted by molar-refractivity contribution is 5.80. The molecule has 0 bridgehead atoms. The lowest BCUT2D eigenvalue weighted by Crippen LogP contribution is -2.48. The number of carbonyl (C=O) groups excluding carboxylic acids is 1. The monoisotopic (exact) mass is 566 g/mol. The smallest absolute Gasteiger partial charge is 0.249 e. The van der Waals surface area contributed by atoms with Crippen molar-refractivity contribution in [3.05, 3.63) is 23.8 Å². The summed E-state index contributed by atoms with van der Waals surface area (Å²) in [5.41, 5.74) is 1.42. The van der Waals surface area contributed by atoms with Gasteiger partial charge in [-0.1, -0.05) is 153 Å². The molecule has 0 spiro atoms. The van der Waals surface area contributed by atoms with Gasteiger partial charge in [0.05, 0.1) is 18.8 Å². The molecule has 0 saturated heterocycles. The van der Waals surface area contributed by atoms with Crippen molar-refractivity contribution < 1.29 is 20.1 Å². The Bertz CT molecular complexity index is 619. The molecule has 0 heterocycles. The molecule has 0 radical (unpaired) electrons. The lowest BCUT2D eigenvalue weighted by Gasteiger charge is -2.21. The molecule has 0 fully saturated rings. The Kier molecular flexibility index (Phi) is 28.5. The maximum absolute atomic E-state index is 12.4. The highest BCUT2D eigenvalue weighted by atomic mass is 16.3. The quantitative estimate of drug-likeness (QED) is 0.0539. The molecule has 5 heteroatoms. The van der Waals surface area contributed by atoms with E-state index in [2.05, 4.69) is 32.2 Å². The zero-order valence-corrected chi connectivity index (χ0v) is 26.7. The van der Waals surface area contributed by atoms with Gasteiger partial charge >= 0.3 is 0 Å². The fourth-order valence-electron chi connectivity index (χ4n) is 5.09. The number of aliphatic hydroxyl groups excluding tert-OH is 3. The van der Waals surface area contributed by atoms with Crippen LogP contribution in [-0.2, 0) is 4.79 Å². The number of allylic oxidation sites excluding steroid dienone is 3. The molecule has 5 nitrogen and oxygen atoms in total. The second-order valence-electron chi connectivity index (χ2n) is 11.9. The lowest BCUT2D eigenvalue weighted by molar-refractivity contribution is -0.131. The highest BCUT2D eigenvalue weighted by Gasteiger charge is 2.22. The fourth-order valence-corrected chi connectivity index (χ4v) is 5.09.